The molecule has 2 N–H and O–H groups in total. The summed E-state index contributed by atoms with van der Waals surface area (Å²) in [5.41, 5.74) is 2.75. The van der Waals surface area contributed by atoms with Crippen molar-refractivity contribution >= 4 is 11.6 Å². The number of guanidine groups is 1. The maximum absolute atomic E-state index is 14.6. The highest BCUT2D eigenvalue weighted by Crippen LogP contribution is 2.22. The number of aliphatic imine (C=N–C) groups is 1. The Morgan fingerprint density at radius 1 is 1.10 bits per heavy atom. The van der Waals surface area contributed by atoms with Crippen LogP contribution in [-0.2, 0) is 16.7 Å². The summed E-state index contributed by atoms with van der Waals surface area (Å²) in [5, 5.41) is 6.65. The van der Waals surface area contributed by atoms with Crippen LogP contribution in [-0.4, -0.2) is 45.9 Å². The van der Waals surface area contributed by atoms with E-state index >= 15 is 0 Å². The van der Waals surface area contributed by atoms with Gasteiger partial charge >= 0.3 is 0 Å². The van der Waals surface area contributed by atoms with Crippen molar-refractivity contribution in [1.29, 1.82) is 0 Å². The maximum Gasteiger partial charge on any atom is 0.191 e. The first-order valence-corrected chi connectivity index (χ1v) is 10.1. The minimum absolute atomic E-state index is 0.0369. The Morgan fingerprint density at radius 2 is 1.83 bits per heavy atom. The number of anilines is 1. The normalized spacial score (nSPS) is 15.3. The largest absolute Gasteiger partial charge is 0.378 e. The predicted octanol–water partition coefficient (Wildman–Crippen LogP) is 3.31. The number of halogens is 1. The molecule has 6 heteroatoms. The highest BCUT2D eigenvalue weighted by molar-refractivity contribution is 5.79. The lowest BCUT2D eigenvalue weighted by Gasteiger charge is -2.29. The van der Waals surface area contributed by atoms with Crippen LogP contribution in [0.2, 0.25) is 0 Å². The molecule has 0 unspecified atom stereocenters. The zero-order valence-electron chi connectivity index (χ0n) is 17.5. The van der Waals surface area contributed by atoms with Gasteiger partial charge in [-0.2, -0.15) is 0 Å². The van der Waals surface area contributed by atoms with E-state index in [-0.39, 0.29) is 11.2 Å². The smallest absolute Gasteiger partial charge is 0.191 e. The molecule has 2 aromatic carbocycles. The van der Waals surface area contributed by atoms with Gasteiger partial charge in [-0.15, -0.1) is 0 Å². The minimum Gasteiger partial charge on any atom is -0.378 e. The molecule has 1 aliphatic rings. The second-order valence-corrected chi connectivity index (χ2v) is 7.91. The molecule has 5 nitrogen and oxygen atoms in total. The molecular weight excluding hydrogens is 367 g/mol. The number of nitrogens with one attached hydrogen (secondary N) is 2. The van der Waals surface area contributed by atoms with Gasteiger partial charge in [-0.05, 0) is 23.3 Å². The van der Waals surface area contributed by atoms with E-state index in [1.807, 2.05) is 23.1 Å². The number of hydrogen-bond acceptors (Lipinski definition) is 3. The van der Waals surface area contributed by atoms with Crippen LogP contribution in [0.25, 0.3) is 0 Å². The summed E-state index contributed by atoms with van der Waals surface area (Å²) in [6.45, 7) is 8.37. The van der Waals surface area contributed by atoms with Gasteiger partial charge in [0, 0.05) is 38.6 Å². The van der Waals surface area contributed by atoms with Gasteiger partial charge in [0.2, 0.25) is 0 Å². The van der Waals surface area contributed by atoms with Crippen LogP contribution in [0.3, 0.4) is 0 Å². The number of ether oxygens (including phenoxy) is 1. The molecule has 3 rings (SSSR count). The topological polar surface area (TPSA) is 48.9 Å². The summed E-state index contributed by atoms with van der Waals surface area (Å²) >= 11 is 0. The van der Waals surface area contributed by atoms with Gasteiger partial charge in [0.25, 0.3) is 0 Å². The van der Waals surface area contributed by atoms with Crippen molar-refractivity contribution in [3.8, 4) is 0 Å². The molecule has 1 fully saturated rings. The summed E-state index contributed by atoms with van der Waals surface area (Å²) < 4.78 is 19.9. The van der Waals surface area contributed by atoms with Crippen LogP contribution in [0.15, 0.2) is 53.5 Å². The third-order valence-electron chi connectivity index (χ3n) is 5.30. The monoisotopic (exact) mass is 398 g/mol. The average molecular weight is 399 g/mol. The second kappa shape index (κ2) is 9.74. The molecule has 1 aliphatic heterocycles. The molecule has 1 heterocycles. The summed E-state index contributed by atoms with van der Waals surface area (Å²) in [5.74, 6) is 0.506. The van der Waals surface area contributed by atoms with E-state index in [1.54, 1.807) is 13.1 Å². The Bertz CT molecular complexity index is 817. The van der Waals surface area contributed by atoms with E-state index in [9.17, 15) is 4.39 Å². The predicted molar refractivity (Wildman–Crippen MR) is 117 cm³/mol. The van der Waals surface area contributed by atoms with Gasteiger partial charge < -0.3 is 20.3 Å². The number of nitrogens with zero attached hydrogens (tertiary/aromatic N) is 2. The first kappa shape index (κ1) is 21.1. The molecular formula is C23H31FN4O. The van der Waals surface area contributed by atoms with E-state index in [0.29, 0.717) is 31.4 Å². The van der Waals surface area contributed by atoms with Crippen molar-refractivity contribution in [3.63, 3.8) is 0 Å². The molecule has 0 atom stereocenters. The zero-order chi connectivity index (χ0) is 20.7. The van der Waals surface area contributed by atoms with Crippen molar-refractivity contribution in [1.82, 2.24) is 10.6 Å². The lowest BCUT2D eigenvalue weighted by molar-refractivity contribution is 0.122. The molecule has 0 saturated carbocycles. The van der Waals surface area contributed by atoms with Crippen molar-refractivity contribution in [2.45, 2.75) is 25.8 Å². The summed E-state index contributed by atoms with van der Waals surface area (Å²) in [7, 11) is 1.74. The third-order valence-corrected chi connectivity index (χ3v) is 5.30. The van der Waals surface area contributed by atoms with Gasteiger partial charge in [-0.3, -0.25) is 4.99 Å². The number of benzene rings is 2. The van der Waals surface area contributed by atoms with Crippen molar-refractivity contribution in [2.75, 3.05) is 44.8 Å². The Kier molecular flexibility index (Phi) is 7.09. The number of rotatable bonds is 6. The highest BCUT2D eigenvalue weighted by atomic mass is 19.1. The van der Waals surface area contributed by atoms with Crippen LogP contribution in [0.5, 0.6) is 0 Å². The van der Waals surface area contributed by atoms with E-state index < -0.39 is 0 Å². The van der Waals surface area contributed by atoms with Crippen LogP contribution in [0, 0.1) is 5.82 Å². The van der Waals surface area contributed by atoms with Crippen molar-refractivity contribution < 1.29 is 9.13 Å². The van der Waals surface area contributed by atoms with E-state index in [4.69, 9.17) is 4.74 Å². The van der Waals surface area contributed by atoms with E-state index in [0.717, 1.165) is 25.2 Å². The van der Waals surface area contributed by atoms with Crippen molar-refractivity contribution in [3.05, 3.63) is 65.5 Å². The summed E-state index contributed by atoms with van der Waals surface area (Å²) in [6.07, 6.45) is 0. The van der Waals surface area contributed by atoms with Crippen molar-refractivity contribution in [2.24, 2.45) is 4.99 Å². The van der Waals surface area contributed by atoms with Crippen LogP contribution in [0.1, 0.15) is 25.0 Å². The number of hydrogen-bond donors (Lipinski definition) is 2. The molecule has 156 valence electrons. The Labute approximate surface area is 173 Å². The second-order valence-electron chi connectivity index (χ2n) is 7.91. The molecule has 0 aromatic heterocycles. The molecule has 0 aliphatic carbocycles. The SMILES string of the molecule is CN=C(NCc1ccc(N2CCOCC2)c(F)c1)NCC(C)(C)c1ccccc1. The lowest BCUT2D eigenvalue weighted by atomic mass is 9.85. The lowest BCUT2D eigenvalue weighted by Crippen LogP contribution is -2.43. The van der Waals surface area contributed by atoms with Crippen LogP contribution in [0.4, 0.5) is 10.1 Å². The molecule has 0 spiro atoms. The fourth-order valence-electron chi connectivity index (χ4n) is 3.42. The fraction of sp³-hybridized carbons (Fsp3) is 0.435. The summed E-state index contributed by atoms with van der Waals surface area (Å²) in [4.78, 5) is 6.32. The minimum atomic E-state index is -0.195. The highest BCUT2D eigenvalue weighted by Gasteiger charge is 2.20. The molecule has 0 bridgehead atoms. The first-order chi connectivity index (χ1) is 14.0. The fourth-order valence-corrected chi connectivity index (χ4v) is 3.42. The van der Waals surface area contributed by atoms with Gasteiger partial charge in [-0.1, -0.05) is 50.2 Å². The number of morpholine rings is 1. The molecule has 2 aromatic rings. The van der Waals surface area contributed by atoms with Crippen LogP contribution < -0.4 is 15.5 Å². The maximum atomic E-state index is 14.6. The third kappa shape index (κ3) is 5.70. The zero-order valence-corrected chi connectivity index (χ0v) is 17.5. The van der Waals surface area contributed by atoms with Gasteiger partial charge in [-0.25, -0.2) is 4.39 Å². The molecule has 0 amide bonds. The quantitative estimate of drug-likeness (QED) is 0.579. The first-order valence-electron chi connectivity index (χ1n) is 10.1. The molecule has 1 saturated heterocycles. The molecule has 29 heavy (non-hydrogen) atoms. The van der Waals surface area contributed by atoms with Gasteiger partial charge in [0.1, 0.15) is 5.82 Å². The summed E-state index contributed by atoms with van der Waals surface area (Å²) in [6, 6.07) is 15.8. The standard InChI is InChI=1S/C23H31FN4O/c1-23(2,19-7-5-4-6-8-19)17-27-22(25-3)26-16-18-9-10-21(20(24)15-18)28-11-13-29-14-12-28/h4-10,15H,11-14,16-17H2,1-3H3,(H2,25,26,27). The van der Waals surface area contributed by atoms with Crippen LogP contribution >= 0.6 is 0 Å². The van der Waals surface area contributed by atoms with Gasteiger partial charge in [0.15, 0.2) is 5.96 Å². The Morgan fingerprint density at radius 3 is 2.48 bits per heavy atom. The van der Waals surface area contributed by atoms with E-state index in [1.165, 1.54) is 5.56 Å². The Balaban J connectivity index is 1.54. The Hall–Kier alpha value is -2.60. The average Bonchev–Trinajstić information content (AvgIpc) is 2.75. The molecule has 0 radical (unpaired) electrons. The van der Waals surface area contributed by atoms with Gasteiger partial charge in [0.05, 0.1) is 18.9 Å². The van der Waals surface area contributed by atoms with E-state index in [2.05, 4.69) is 53.7 Å².